The van der Waals surface area contributed by atoms with Gasteiger partial charge in [0.2, 0.25) is 0 Å². The zero-order valence-electron chi connectivity index (χ0n) is 18.7. The number of β-amino-alcohol motifs (C(OH)–C–C–N with tert-alkyl or cyclic N) is 1. The summed E-state index contributed by atoms with van der Waals surface area (Å²) >= 11 is 1.56. The number of aliphatic hydroxyl groups is 1. The average molecular weight is 514 g/mol. The predicted molar refractivity (Wildman–Crippen MR) is 121 cm³/mol. The van der Waals surface area contributed by atoms with E-state index < -0.39 is 36.6 Å². The number of hydrogen-bond donors (Lipinski definition) is 3. The molecule has 0 radical (unpaired) electrons. The van der Waals surface area contributed by atoms with Gasteiger partial charge in [0.25, 0.3) is 0 Å². The molecule has 8 nitrogen and oxygen atoms in total. The Hall–Kier alpha value is -2.70. The maximum atomic E-state index is 12.3. The number of carbonyl (C=O) groups excluding carboxylic acids is 2. The average Bonchev–Trinajstić information content (AvgIpc) is 3.43. The molecule has 0 bridgehead atoms. The lowest BCUT2D eigenvalue weighted by molar-refractivity contribution is -0.210. The van der Waals surface area contributed by atoms with Crippen LogP contribution >= 0.6 is 11.3 Å². The van der Waals surface area contributed by atoms with Crippen LogP contribution in [0.2, 0.25) is 0 Å². The molecule has 4 rings (SSSR count). The second kappa shape index (κ2) is 10.9. The van der Waals surface area contributed by atoms with E-state index in [1.807, 2.05) is 30.5 Å². The number of aromatic nitrogens is 1. The zero-order valence-corrected chi connectivity index (χ0v) is 19.5. The van der Waals surface area contributed by atoms with Gasteiger partial charge >= 0.3 is 18.2 Å². The van der Waals surface area contributed by atoms with Crippen LogP contribution in [0.25, 0.3) is 10.4 Å². The Morgan fingerprint density at radius 1 is 1.20 bits per heavy atom. The number of alkyl halides is 3. The normalized spacial score (nSPS) is 26.1. The van der Waals surface area contributed by atoms with Crippen molar-refractivity contribution in [1.29, 1.82) is 0 Å². The molecular formula is C23H26F3N3O5S. The molecule has 3 N–H and O–H groups in total. The molecule has 12 heteroatoms. The number of aliphatic hydroxyl groups excluding tert-OH is 1. The number of esters is 1. The molecule has 2 fully saturated rings. The number of alkyl carbamates (subject to hydrolysis) is 1. The second-order valence-corrected chi connectivity index (χ2v) is 9.68. The van der Waals surface area contributed by atoms with Gasteiger partial charge in [0.15, 0.2) is 0 Å². The topological polar surface area (TPSA) is 110 Å². The first-order chi connectivity index (χ1) is 16.7. The third kappa shape index (κ3) is 6.71. The standard InChI is InChI=1S/C23H26F3N3O5S/c24-23(25,26)21(31)33-16-7-14(8-16)5-6-28-22(32)34-20-17(29-10-18(20)30)9-13-1-3-15(4-2-13)19-11-27-12-35-19/h1-4,11-12,14,16-18,20,29-30H,5-10H2,(H,28,32)/t14?,16?,17-,18+,20+/m1/s1. The molecule has 1 aliphatic carbocycles. The molecule has 1 saturated heterocycles. The number of rotatable bonds is 8. The summed E-state index contributed by atoms with van der Waals surface area (Å²) in [4.78, 5) is 28.2. The van der Waals surface area contributed by atoms with Gasteiger partial charge in [-0.3, -0.25) is 4.98 Å². The first kappa shape index (κ1) is 25.4. The van der Waals surface area contributed by atoms with Crippen LogP contribution in [0.3, 0.4) is 0 Å². The van der Waals surface area contributed by atoms with E-state index in [9.17, 15) is 27.9 Å². The van der Waals surface area contributed by atoms with E-state index in [4.69, 9.17) is 4.74 Å². The summed E-state index contributed by atoms with van der Waals surface area (Å²) in [6.07, 6.45) is -4.39. The minimum Gasteiger partial charge on any atom is -0.456 e. The molecule has 1 aliphatic heterocycles. The van der Waals surface area contributed by atoms with Gasteiger partial charge in [0, 0.05) is 19.3 Å². The van der Waals surface area contributed by atoms with Crippen LogP contribution < -0.4 is 10.6 Å². The Bertz CT molecular complexity index is 997. The number of carbonyl (C=O) groups is 2. The van der Waals surface area contributed by atoms with Crippen LogP contribution in [0, 0.1) is 5.92 Å². The second-order valence-electron chi connectivity index (χ2n) is 8.80. The van der Waals surface area contributed by atoms with Gasteiger partial charge < -0.3 is 25.2 Å². The fourth-order valence-electron chi connectivity index (χ4n) is 4.31. The molecule has 35 heavy (non-hydrogen) atoms. The minimum atomic E-state index is -4.99. The van der Waals surface area contributed by atoms with Crippen LogP contribution in [-0.4, -0.2) is 65.8 Å². The monoisotopic (exact) mass is 513 g/mol. The molecule has 1 aromatic carbocycles. The van der Waals surface area contributed by atoms with E-state index in [1.54, 1.807) is 16.8 Å². The summed E-state index contributed by atoms with van der Waals surface area (Å²) in [5.41, 5.74) is 3.88. The van der Waals surface area contributed by atoms with E-state index in [2.05, 4.69) is 20.4 Å². The van der Waals surface area contributed by atoms with Crippen LogP contribution in [0.5, 0.6) is 0 Å². The SMILES string of the molecule is O=C(NCCC1CC(OC(=O)C(F)(F)F)C1)O[C@@H]1[C@@H](O)CN[C@@H]1Cc1ccc(-c2cncs2)cc1. The lowest BCUT2D eigenvalue weighted by Crippen LogP contribution is -2.42. The predicted octanol–water partition coefficient (Wildman–Crippen LogP) is 3.05. The van der Waals surface area contributed by atoms with Crippen molar-refractivity contribution in [3.05, 3.63) is 41.5 Å². The van der Waals surface area contributed by atoms with E-state index in [1.165, 1.54) is 0 Å². The molecule has 0 spiro atoms. The van der Waals surface area contributed by atoms with Gasteiger partial charge in [0.1, 0.15) is 18.3 Å². The first-order valence-corrected chi connectivity index (χ1v) is 12.2. The number of benzene rings is 1. The van der Waals surface area contributed by atoms with Gasteiger partial charge in [-0.2, -0.15) is 13.2 Å². The van der Waals surface area contributed by atoms with Gasteiger partial charge in [-0.1, -0.05) is 24.3 Å². The van der Waals surface area contributed by atoms with Crippen molar-refractivity contribution in [2.75, 3.05) is 13.1 Å². The number of ether oxygens (including phenoxy) is 2. The van der Waals surface area contributed by atoms with E-state index in [-0.39, 0.29) is 18.5 Å². The Kier molecular flexibility index (Phi) is 7.92. The van der Waals surface area contributed by atoms with Crippen molar-refractivity contribution >= 4 is 23.4 Å². The van der Waals surface area contributed by atoms with Gasteiger partial charge in [-0.15, -0.1) is 11.3 Å². The van der Waals surface area contributed by atoms with E-state index in [0.717, 1.165) is 16.0 Å². The molecule has 190 valence electrons. The van der Waals surface area contributed by atoms with Crippen LogP contribution in [0.1, 0.15) is 24.8 Å². The fraction of sp³-hybridized carbons (Fsp3) is 0.522. The minimum absolute atomic E-state index is 0.0562. The summed E-state index contributed by atoms with van der Waals surface area (Å²) < 4.78 is 46.5. The van der Waals surface area contributed by atoms with Crippen molar-refractivity contribution in [3.8, 4) is 10.4 Å². The molecule has 0 unspecified atom stereocenters. The smallest absolute Gasteiger partial charge is 0.456 e. The summed E-state index contributed by atoms with van der Waals surface area (Å²) in [5, 5.41) is 16.1. The Labute approximate surface area is 203 Å². The molecule has 2 aromatic rings. The molecule has 1 amide bonds. The Morgan fingerprint density at radius 3 is 2.60 bits per heavy atom. The molecule has 2 aliphatic rings. The Morgan fingerprint density at radius 2 is 1.94 bits per heavy atom. The number of nitrogens with one attached hydrogen (secondary N) is 2. The molecular weight excluding hydrogens is 487 g/mol. The maximum Gasteiger partial charge on any atom is 0.490 e. The lowest BCUT2D eigenvalue weighted by Gasteiger charge is -2.34. The van der Waals surface area contributed by atoms with E-state index >= 15 is 0 Å². The van der Waals surface area contributed by atoms with Crippen molar-refractivity contribution in [1.82, 2.24) is 15.6 Å². The number of amides is 1. The van der Waals surface area contributed by atoms with Gasteiger partial charge in [-0.05, 0) is 42.7 Å². The summed E-state index contributed by atoms with van der Waals surface area (Å²) in [5.74, 6) is -2.11. The highest BCUT2D eigenvalue weighted by Crippen LogP contribution is 2.34. The lowest BCUT2D eigenvalue weighted by atomic mass is 9.80. The highest BCUT2D eigenvalue weighted by Gasteiger charge is 2.44. The molecule has 1 aromatic heterocycles. The third-order valence-corrected chi connectivity index (χ3v) is 7.08. The third-order valence-electron chi connectivity index (χ3n) is 6.25. The highest BCUT2D eigenvalue weighted by molar-refractivity contribution is 7.13. The number of thiazole rings is 1. The van der Waals surface area contributed by atoms with Crippen LogP contribution in [-0.2, 0) is 20.7 Å². The highest BCUT2D eigenvalue weighted by atomic mass is 32.1. The molecule has 1 saturated carbocycles. The number of hydrogen-bond acceptors (Lipinski definition) is 8. The number of nitrogens with zero attached hydrogens (tertiary/aromatic N) is 1. The van der Waals surface area contributed by atoms with Crippen LogP contribution in [0.4, 0.5) is 18.0 Å². The summed E-state index contributed by atoms with van der Waals surface area (Å²) in [7, 11) is 0. The van der Waals surface area contributed by atoms with Gasteiger partial charge in [0.05, 0.1) is 16.4 Å². The largest absolute Gasteiger partial charge is 0.490 e. The van der Waals surface area contributed by atoms with Crippen LogP contribution in [0.15, 0.2) is 36.0 Å². The number of halogens is 3. The van der Waals surface area contributed by atoms with Crippen molar-refractivity contribution in [2.45, 2.75) is 56.2 Å². The first-order valence-electron chi connectivity index (χ1n) is 11.3. The van der Waals surface area contributed by atoms with Crippen molar-refractivity contribution in [2.24, 2.45) is 5.92 Å². The van der Waals surface area contributed by atoms with E-state index in [0.29, 0.717) is 32.2 Å². The summed E-state index contributed by atoms with van der Waals surface area (Å²) in [6, 6.07) is 7.76. The maximum absolute atomic E-state index is 12.3. The zero-order chi connectivity index (χ0) is 25.0. The fourth-order valence-corrected chi connectivity index (χ4v) is 4.94. The van der Waals surface area contributed by atoms with Crippen molar-refractivity contribution in [3.63, 3.8) is 0 Å². The summed E-state index contributed by atoms with van der Waals surface area (Å²) in [6.45, 7) is 0.574. The van der Waals surface area contributed by atoms with Gasteiger partial charge in [-0.25, -0.2) is 9.59 Å². The Balaban J connectivity index is 1.18. The molecule has 3 atom stereocenters. The van der Waals surface area contributed by atoms with Crippen molar-refractivity contribution < 1.29 is 37.3 Å². The molecule has 2 heterocycles. The quantitative estimate of drug-likeness (QED) is 0.466.